The van der Waals surface area contributed by atoms with Crippen LogP contribution in [0.15, 0.2) is 24.3 Å². The Morgan fingerprint density at radius 3 is 2.96 bits per heavy atom. The van der Waals surface area contributed by atoms with Gasteiger partial charge in [-0.15, -0.1) is 10.2 Å². The number of amides is 2. The van der Waals surface area contributed by atoms with Crippen molar-refractivity contribution in [3.63, 3.8) is 0 Å². The predicted octanol–water partition coefficient (Wildman–Crippen LogP) is 2.37. The maximum absolute atomic E-state index is 12.5. The van der Waals surface area contributed by atoms with Crippen molar-refractivity contribution in [3.8, 4) is 0 Å². The van der Waals surface area contributed by atoms with Crippen molar-refractivity contribution in [1.82, 2.24) is 10.2 Å². The van der Waals surface area contributed by atoms with Crippen LogP contribution >= 0.6 is 11.3 Å². The van der Waals surface area contributed by atoms with Gasteiger partial charge in [0.15, 0.2) is 0 Å². The summed E-state index contributed by atoms with van der Waals surface area (Å²) in [6.07, 6.45) is 0.199. The fraction of sp³-hybridized carbons (Fsp3) is 0.412. The molecule has 0 spiro atoms. The summed E-state index contributed by atoms with van der Waals surface area (Å²) in [7, 11) is 0. The topological polar surface area (TPSA) is 84.4 Å². The van der Waals surface area contributed by atoms with E-state index in [1.165, 1.54) is 11.3 Å². The van der Waals surface area contributed by atoms with E-state index in [0.29, 0.717) is 29.9 Å². The van der Waals surface area contributed by atoms with Crippen LogP contribution in [0.3, 0.4) is 0 Å². The van der Waals surface area contributed by atoms with Gasteiger partial charge in [0.05, 0.1) is 5.92 Å². The van der Waals surface area contributed by atoms with Crippen LogP contribution in [0.5, 0.6) is 0 Å². The zero-order valence-electron chi connectivity index (χ0n) is 14.2. The minimum absolute atomic E-state index is 0.0382. The average molecular weight is 360 g/mol. The fourth-order valence-electron chi connectivity index (χ4n) is 2.74. The third-order valence-corrected chi connectivity index (χ3v) is 4.84. The maximum Gasteiger partial charge on any atom is 0.231 e. The normalized spacial score (nSPS) is 17.1. The predicted molar refractivity (Wildman–Crippen MR) is 95.5 cm³/mol. The van der Waals surface area contributed by atoms with Crippen LogP contribution in [0.4, 0.5) is 10.8 Å². The molecule has 0 saturated carbocycles. The van der Waals surface area contributed by atoms with Gasteiger partial charge in [0, 0.05) is 25.3 Å². The molecule has 1 aromatic heterocycles. The number of benzene rings is 1. The van der Waals surface area contributed by atoms with Gasteiger partial charge >= 0.3 is 0 Å². The van der Waals surface area contributed by atoms with Gasteiger partial charge in [-0.3, -0.25) is 9.59 Å². The van der Waals surface area contributed by atoms with Crippen molar-refractivity contribution >= 4 is 34.0 Å². The number of hydrogen-bond donors (Lipinski definition) is 1. The van der Waals surface area contributed by atoms with Crippen LogP contribution in [0, 0.1) is 12.8 Å². The molecule has 1 fully saturated rings. The van der Waals surface area contributed by atoms with E-state index >= 15 is 0 Å². The molecule has 7 nitrogen and oxygen atoms in total. The van der Waals surface area contributed by atoms with E-state index in [0.717, 1.165) is 11.3 Å². The molecular formula is C17H20N4O3S. The van der Waals surface area contributed by atoms with E-state index in [1.807, 2.05) is 38.1 Å². The molecule has 132 valence electrons. The molecule has 2 aromatic rings. The molecular weight excluding hydrogens is 340 g/mol. The second-order valence-electron chi connectivity index (χ2n) is 5.82. The lowest BCUT2D eigenvalue weighted by Gasteiger charge is -2.18. The lowest BCUT2D eigenvalue weighted by molar-refractivity contribution is -0.122. The van der Waals surface area contributed by atoms with Crippen molar-refractivity contribution in [2.24, 2.45) is 5.92 Å². The monoisotopic (exact) mass is 360 g/mol. The molecule has 8 heteroatoms. The van der Waals surface area contributed by atoms with Gasteiger partial charge in [0.25, 0.3) is 0 Å². The standard InChI is InChI=1S/C17H20N4O3S/c1-3-24-10-14-19-20-17(25-14)18-16(23)12-8-15(22)21(9-12)13-7-5-4-6-11(13)2/h4-7,12H,3,8-10H2,1-2H3,(H,18,20,23). The summed E-state index contributed by atoms with van der Waals surface area (Å²) in [5.74, 6) is -0.640. The molecule has 1 aliphatic heterocycles. The van der Waals surface area contributed by atoms with Crippen molar-refractivity contribution < 1.29 is 14.3 Å². The maximum atomic E-state index is 12.5. The number of ether oxygens (including phenoxy) is 1. The van der Waals surface area contributed by atoms with Crippen LogP contribution in [-0.2, 0) is 20.9 Å². The van der Waals surface area contributed by atoms with Crippen molar-refractivity contribution in [2.45, 2.75) is 26.9 Å². The highest BCUT2D eigenvalue weighted by Crippen LogP contribution is 2.28. The molecule has 1 unspecified atom stereocenters. The Labute approximate surface area is 150 Å². The largest absolute Gasteiger partial charge is 0.374 e. The molecule has 2 amide bonds. The number of nitrogens with zero attached hydrogens (tertiary/aromatic N) is 3. The fourth-order valence-corrected chi connectivity index (χ4v) is 3.42. The van der Waals surface area contributed by atoms with Gasteiger partial charge in [-0.05, 0) is 25.5 Å². The van der Waals surface area contributed by atoms with Crippen LogP contribution in [0.2, 0.25) is 0 Å². The lowest BCUT2D eigenvalue weighted by Crippen LogP contribution is -2.28. The van der Waals surface area contributed by atoms with Crippen molar-refractivity contribution in [3.05, 3.63) is 34.8 Å². The van der Waals surface area contributed by atoms with Gasteiger partial charge in [-0.1, -0.05) is 29.5 Å². The SMILES string of the molecule is CCOCc1nnc(NC(=O)C2CC(=O)N(c3ccccc3C)C2)s1. The highest BCUT2D eigenvalue weighted by molar-refractivity contribution is 7.15. The smallest absolute Gasteiger partial charge is 0.231 e. The van der Waals surface area contributed by atoms with Crippen molar-refractivity contribution in [1.29, 1.82) is 0 Å². The molecule has 1 aliphatic rings. The summed E-state index contributed by atoms with van der Waals surface area (Å²) in [5.41, 5.74) is 1.87. The first kappa shape index (κ1) is 17.5. The van der Waals surface area contributed by atoms with Gasteiger partial charge in [0.1, 0.15) is 11.6 Å². The van der Waals surface area contributed by atoms with E-state index in [9.17, 15) is 9.59 Å². The number of anilines is 2. The number of para-hydroxylation sites is 1. The summed E-state index contributed by atoms with van der Waals surface area (Å²) in [6, 6.07) is 7.68. The van der Waals surface area contributed by atoms with Gasteiger partial charge < -0.3 is 15.0 Å². The summed E-state index contributed by atoms with van der Waals surface area (Å²) in [5, 5.41) is 11.8. The Kier molecular flexibility index (Phi) is 5.40. The Morgan fingerprint density at radius 1 is 1.40 bits per heavy atom. The number of aromatic nitrogens is 2. The molecule has 2 heterocycles. The van der Waals surface area contributed by atoms with Gasteiger partial charge in [0.2, 0.25) is 16.9 Å². The van der Waals surface area contributed by atoms with Crippen LogP contribution < -0.4 is 10.2 Å². The molecule has 3 rings (SSSR count). The van der Waals surface area contributed by atoms with E-state index in [4.69, 9.17) is 4.74 Å². The molecule has 0 radical (unpaired) electrons. The van der Waals surface area contributed by atoms with E-state index in [1.54, 1.807) is 4.90 Å². The average Bonchev–Trinajstić information content (AvgIpc) is 3.20. The molecule has 0 bridgehead atoms. The third kappa shape index (κ3) is 4.02. The summed E-state index contributed by atoms with van der Waals surface area (Å²) >= 11 is 1.28. The number of carbonyl (C=O) groups excluding carboxylic acids is 2. The summed E-state index contributed by atoms with van der Waals surface area (Å²) in [6.45, 7) is 5.21. The quantitative estimate of drug-likeness (QED) is 0.855. The Balaban J connectivity index is 1.63. The zero-order valence-corrected chi connectivity index (χ0v) is 15.0. The molecule has 25 heavy (non-hydrogen) atoms. The summed E-state index contributed by atoms with van der Waals surface area (Å²) < 4.78 is 5.27. The Hall–Kier alpha value is -2.32. The second kappa shape index (κ2) is 7.71. The first-order chi connectivity index (χ1) is 12.1. The molecule has 1 aromatic carbocycles. The number of hydrogen-bond acceptors (Lipinski definition) is 6. The highest BCUT2D eigenvalue weighted by atomic mass is 32.1. The van der Waals surface area contributed by atoms with Crippen LogP contribution in [0.25, 0.3) is 0 Å². The van der Waals surface area contributed by atoms with E-state index < -0.39 is 5.92 Å². The van der Waals surface area contributed by atoms with Crippen LogP contribution in [-0.4, -0.2) is 35.2 Å². The summed E-state index contributed by atoms with van der Waals surface area (Å²) in [4.78, 5) is 26.5. The molecule has 1 atom stereocenters. The minimum Gasteiger partial charge on any atom is -0.374 e. The number of carbonyl (C=O) groups is 2. The van der Waals surface area contributed by atoms with Crippen LogP contribution in [0.1, 0.15) is 23.9 Å². The number of aryl methyl sites for hydroxylation is 1. The van der Waals surface area contributed by atoms with E-state index in [-0.39, 0.29) is 18.2 Å². The minimum atomic E-state index is -0.397. The number of nitrogens with one attached hydrogen (secondary N) is 1. The molecule has 1 saturated heterocycles. The molecule has 0 aliphatic carbocycles. The number of rotatable bonds is 6. The van der Waals surface area contributed by atoms with Gasteiger partial charge in [-0.2, -0.15) is 0 Å². The van der Waals surface area contributed by atoms with Gasteiger partial charge in [-0.25, -0.2) is 0 Å². The first-order valence-electron chi connectivity index (χ1n) is 8.15. The Bertz CT molecular complexity index is 777. The highest BCUT2D eigenvalue weighted by Gasteiger charge is 2.35. The first-order valence-corrected chi connectivity index (χ1v) is 8.97. The third-order valence-electron chi connectivity index (χ3n) is 4.03. The molecule has 1 N–H and O–H groups in total. The zero-order chi connectivity index (χ0) is 17.8. The second-order valence-corrected chi connectivity index (χ2v) is 6.88. The van der Waals surface area contributed by atoms with Crippen molar-refractivity contribution in [2.75, 3.05) is 23.4 Å². The Morgan fingerprint density at radius 2 is 2.20 bits per heavy atom. The lowest BCUT2D eigenvalue weighted by atomic mass is 10.1. The van der Waals surface area contributed by atoms with E-state index in [2.05, 4.69) is 15.5 Å².